The highest BCUT2D eigenvalue weighted by Crippen LogP contribution is 2.16. The number of furan rings is 1. The van der Waals surface area contributed by atoms with Gasteiger partial charge < -0.3 is 14.7 Å². The number of nitrogens with one attached hydrogen (secondary N) is 2. The van der Waals surface area contributed by atoms with Crippen LogP contribution in [0.4, 0.5) is 0 Å². The molecule has 0 aliphatic rings. The molecule has 2 aromatic heterocycles. The zero-order valence-corrected chi connectivity index (χ0v) is 11.6. The van der Waals surface area contributed by atoms with Crippen LogP contribution in [0.2, 0.25) is 0 Å². The highest BCUT2D eigenvalue weighted by Gasteiger charge is 2.21. The Bertz CT molecular complexity index is 616. The van der Waals surface area contributed by atoms with E-state index in [2.05, 4.69) is 15.3 Å². The number of aromatic nitrogens is 2. The Morgan fingerprint density at radius 2 is 2.16 bits per heavy atom. The minimum Gasteiger partial charge on any atom is -0.447 e. The zero-order chi connectivity index (χ0) is 13.9. The molecule has 2 heterocycles. The minimum atomic E-state index is -3.50. The largest absolute Gasteiger partial charge is 0.447 e. The fourth-order valence-corrected chi connectivity index (χ4v) is 2.28. The van der Waals surface area contributed by atoms with Crippen molar-refractivity contribution >= 4 is 10.0 Å². The van der Waals surface area contributed by atoms with E-state index in [9.17, 15) is 8.42 Å². The number of rotatable bonds is 6. The highest BCUT2D eigenvalue weighted by atomic mass is 32.2. The molecule has 2 N–H and O–H groups in total. The number of aromatic amines is 1. The maximum atomic E-state index is 11.8. The number of nitrogens with zero attached hydrogens (tertiary/aromatic N) is 2. The fourth-order valence-electron chi connectivity index (χ4n) is 1.47. The van der Waals surface area contributed by atoms with Crippen LogP contribution in [0.3, 0.4) is 0 Å². The van der Waals surface area contributed by atoms with E-state index in [0.717, 1.165) is 10.1 Å². The molecule has 0 saturated heterocycles. The summed E-state index contributed by atoms with van der Waals surface area (Å²) in [5.41, 5.74) is 0. The van der Waals surface area contributed by atoms with E-state index in [1.54, 1.807) is 18.5 Å². The van der Waals surface area contributed by atoms with E-state index in [1.807, 2.05) is 0 Å². The third kappa shape index (κ3) is 3.22. The molecule has 0 spiro atoms. The third-order valence-corrected chi connectivity index (χ3v) is 4.21. The molecule has 7 nitrogen and oxygen atoms in total. The van der Waals surface area contributed by atoms with Crippen molar-refractivity contribution < 1.29 is 12.8 Å². The minimum absolute atomic E-state index is 0.0488. The van der Waals surface area contributed by atoms with Gasteiger partial charge in [-0.15, -0.1) is 0 Å². The molecule has 0 amide bonds. The Labute approximate surface area is 111 Å². The van der Waals surface area contributed by atoms with E-state index in [-0.39, 0.29) is 5.09 Å². The zero-order valence-electron chi connectivity index (χ0n) is 10.8. The van der Waals surface area contributed by atoms with Crippen LogP contribution in [-0.4, -0.2) is 36.8 Å². The van der Waals surface area contributed by atoms with E-state index < -0.39 is 10.0 Å². The van der Waals surface area contributed by atoms with Crippen molar-refractivity contribution in [2.45, 2.75) is 18.2 Å². The molecule has 0 saturated carbocycles. The summed E-state index contributed by atoms with van der Waals surface area (Å²) in [6.45, 7) is 0.993. The molecule has 19 heavy (non-hydrogen) atoms. The van der Waals surface area contributed by atoms with Crippen molar-refractivity contribution in [1.29, 1.82) is 0 Å². The second kappa shape index (κ2) is 5.55. The smallest absolute Gasteiger partial charge is 0.275 e. The van der Waals surface area contributed by atoms with Gasteiger partial charge in [-0.3, -0.25) is 0 Å². The molecule has 0 bridgehead atoms. The van der Waals surface area contributed by atoms with Gasteiger partial charge in [0.1, 0.15) is 11.6 Å². The predicted octanol–water partition coefficient (Wildman–Crippen LogP) is 0.543. The van der Waals surface area contributed by atoms with Crippen LogP contribution >= 0.6 is 0 Å². The first-order valence-corrected chi connectivity index (χ1v) is 7.14. The van der Waals surface area contributed by atoms with Crippen LogP contribution in [-0.2, 0) is 23.1 Å². The van der Waals surface area contributed by atoms with Gasteiger partial charge in [-0.25, -0.2) is 17.7 Å². The van der Waals surface area contributed by atoms with Gasteiger partial charge in [0.15, 0.2) is 0 Å². The maximum absolute atomic E-state index is 11.8. The van der Waals surface area contributed by atoms with Crippen LogP contribution in [0.15, 0.2) is 34.0 Å². The molecule has 0 aromatic carbocycles. The van der Waals surface area contributed by atoms with Crippen LogP contribution < -0.4 is 5.32 Å². The molecule has 0 aliphatic heterocycles. The summed E-state index contributed by atoms with van der Waals surface area (Å²) in [4.78, 5) is 7.02. The summed E-state index contributed by atoms with van der Waals surface area (Å²) in [6, 6.07) is 3.10. The second-order valence-electron chi connectivity index (χ2n) is 4.15. The lowest BCUT2D eigenvalue weighted by molar-refractivity contribution is 0.388. The average Bonchev–Trinajstić information content (AvgIpc) is 2.99. The number of H-pyrrole nitrogens is 1. The summed E-state index contributed by atoms with van der Waals surface area (Å²) >= 11 is 0. The van der Waals surface area contributed by atoms with E-state index in [1.165, 1.54) is 20.2 Å². The first-order chi connectivity index (χ1) is 9.00. The van der Waals surface area contributed by atoms with Gasteiger partial charge in [-0.1, -0.05) is 0 Å². The SMILES string of the molecule is CN(C)S(=O)(=O)c1ccc(CNCc2ncc[nH]2)o1. The van der Waals surface area contributed by atoms with E-state index >= 15 is 0 Å². The number of hydrogen-bond acceptors (Lipinski definition) is 5. The van der Waals surface area contributed by atoms with Crippen molar-refractivity contribution in [2.75, 3.05) is 14.1 Å². The molecule has 2 rings (SSSR count). The Morgan fingerprint density at radius 3 is 2.79 bits per heavy atom. The second-order valence-corrected chi connectivity index (χ2v) is 6.23. The maximum Gasteiger partial charge on any atom is 0.275 e. The lowest BCUT2D eigenvalue weighted by Crippen LogP contribution is -2.21. The van der Waals surface area contributed by atoms with Gasteiger partial charge in [0.05, 0.1) is 13.1 Å². The van der Waals surface area contributed by atoms with Crippen LogP contribution in [0.5, 0.6) is 0 Å². The van der Waals surface area contributed by atoms with Crippen molar-refractivity contribution in [2.24, 2.45) is 0 Å². The average molecular weight is 284 g/mol. The molecular formula is C11H16N4O3S. The van der Waals surface area contributed by atoms with Crippen molar-refractivity contribution in [1.82, 2.24) is 19.6 Å². The predicted molar refractivity (Wildman–Crippen MR) is 68.7 cm³/mol. The van der Waals surface area contributed by atoms with Crippen molar-refractivity contribution in [3.63, 3.8) is 0 Å². The topological polar surface area (TPSA) is 91.2 Å². The Kier molecular flexibility index (Phi) is 4.03. The van der Waals surface area contributed by atoms with Gasteiger partial charge in [-0.2, -0.15) is 0 Å². The molecule has 0 fully saturated rings. The lowest BCUT2D eigenvalue weighted by Gasteiger charge is -2.07. The van der Waals surface area contributed by atoms with E-state index in [0.29, 0.717) is 18.8 Å². The number of sulfonamides is 1. The summed E-state index contributed by atoms with van der Waals surface area (Å²) in [7, 11) is -0.574. The van der Waals surface area contributed by atoms with Crippen LogP contribution in [0.25, 0.3) is 0 Å². The van der Waals surface area contributed by atoms with Gasteiger partial charge in [0, 0.05) is 26.5 Å². The van der Waals surface area contributed by atoms with Gasteiger partial charge in [0.2, 0.25) is 5.09 Å². The Hall–Kier alpha value is -1.64. The molecule has 0 radical (unpaired) electrons. The monoisotopic (exact) mass is 284 g/mol. The van der Waals surface area contributed by atoms with Crippen LogP contribution in [0.1, 0.15) is 11.6 Å². The summed E-state index contributed by atoms with van der Waals surface area (Å²) < 4.78 is 30.0. The van der Waals surface area contributed by atoms with Gasteiger partial charge >= 0.3 is 0 Å². The van der Waals surface area contributed by atoms with Crippen molar-refractivity contribution in [3.8, 4) is 0 Å². The highest BCUT2D eigenvalue weighted by molar-refractivity contribution is 7.88. The molecule has 8 heteroatoms. The standard InChI is InChI=1S/C11H16N4O3S/c1-15(2)19(16,17)11-4-3-9(18-11)7-12-8-10-13-5-6-14-10/h3-6,12H,7-8H2,1-2H3,(H,13,14). The van der Waals surface area contributed by atoms with E-state index in [4.69, 9.17) is 4.42 Å². The third-order valence-electron chi connectivity index (χ3n) is 2.52. The number of hydrogen-bond donors (Lipinski definition) is 2. The number of imidazole rings is 1. The quantitative estimate of drug-likeness (QED) is 0.808. The molecule has 0 aliphatic carbocycles. The fraction of sp³-hybridized carbons (Fsp3) is 0.364. The summed E-state index contributed by atoms with van der Waals surface area (Å²) in [5, 5.41) is 3.05. The first-order valence-electron chi connectivity index (χ1n) is 5.70. The molecule has 0 unspecified atom stereocenters. The van der Waals surface area contributed by atoms with Crippen LogP contribution in [0, 0.1) is 0 Å². The van der Waals surface area contributed by atoms with Crippen molar-refractivity contribution in [3.05, 3.63) is 36.1 Å². The first kappa shape index (κ1) is 13.8. The lowest BCUT2D eigenvalue weighted by atomic mass is 10.4. The molecule has 104 valence electrons. The van der Waals surface area contributed by atoms with Gasteiger partial charge in [-0.05, 0) is 12.1 Å². The Morgan fingerprint density at radius 1 is 1.37 bits per heavy atom. The normalized spacial score (nSPS) is 12.2. The summed E-state index contributed by atoms with van der Waals surface area (Å²) in [6.07, 6.45) is 3.41. The Balaban J connectivity index is 1.94. The summed E-state index contributed by atoms with van der Waals surface area (Å²) in [5.74, 6) is 1.37. The van der Waals surface area contributed by atoms with Gasteiger partial charge in [0.25, 0.3) is 10.0 Å². The molecule has 2 aromatic rings. The molecule has 0 atom stereocenters. The molecular weight excluding hydrogens is 268 g/mol.